The van der Waals surface area contributed by atoms with E-state index in [1.165, 1.54) is 32.6 Å². The monoisotopic (exact) mass is 360 g/mol. The van der Waals surface area contributed by atoms with E-state index in [1.807, 2.05) is 6.07 Å². The maximum atomic E-state index is 6.48. The second kappa shape index (κ2) is 7.20. The molecule has 0 atom stereocenters. The standard InChI is InChI=1S/C23H24O2Si/c1-3-24-26(25-4-2,19-12-6-5-7-13-19)23-16-10-15-21-20-14-9-8-11-18(20)17-22(21)23/h5-16H,3-4,17H2,1-2H3. The maximum Gasteiger partial charge on any atom is 0.407 e. The van der Waals surface area contributed by atoms with Gasteiger partial charge in [0.15, 0.2) is 0 Å². The Hall–Kier alpha value is -2.20. The van der Waals surface area contributed by atoms with Crippen molar-refractivity contribution in [2.24, 2.45) is 0 Å². The summed E-state index contributed by atoms with van der Waals surface area (Å²) in [5, 5.41) is 2.43. The highest BCUT2D eigenvalue weighted by Gasteiger charge is 2.45. The molecule has 1 aliphatic carbocycles. The minimum Gasteiger partial charge on any atom is -0.388 e. The van der Waals surface area contributed by atoms with E-state index in [0.717, 1.165) is 6.42 Å². The zero-order chi connectivity index (χ0) is 18.0. The Labute approximate surface area is 156 Å². The van der Waals surface area contributed by atoms with Crippen LogP contribution in [0, 0.1) is 0 Å². The van der Waals surface area contributed by atoms with Gasteiger partial charge in [-0.2, -0.15) is 0 Å². The lowest BCUT2D eigenvalue weighted by atomic mass is 10.1. The zero-order valence-corrected chi connectivity index (χ0v) is 16.4. The van der Waals surface area contributed by atoms with Gasteiger partial charge in [-0.3, -0.25) is 0 Å². The van der Waals surface area contributed by atoms with E-state index in [1.54, 1.807) is 0 Å². The Morgan fingerprint density at radius 3 is 2.12 bits per heavy atom. The van der Waals surface area contributed by atoms with Crippen molar-refractivity contribution < 1.29 is 8.85 Å². The third-order valence-electron chi connectivity index (χ3n) is 5.05. The molecule has 0 saturated carbocycles. The lowest BCUT2D eigenvalue weighted by Gasteiger charge is -2.32. The molecule has 0 N–H and O–H groups in total. The van der Waals surface area contributed by atoms with Crippen LogP contribution in [0.15, 0.2) is 72.8 Å². The molecule has 0 unspecified atom stereocenters. The summed E-state index contributed by atoms with van der Waals surface area (Å²) < 4.78 is 13.0. The van der Waals surface area contributed by atoms with E-state index in [4.69, 9.17) is 8.85 Å². The minimum absolute atomic E-state index is 0.637. The molecular formula is C23H24O2Si. The van der Waals surface area contributed by atoms with Gasteiger partial charge in [0.05, 0.1) is 0 Å². The Balaban J connectivity index is 1.94. The SMILES string of the molecule is CCO[Si](OCC)(c1ccccc1)c1cccc2c1Cc1ccccc1-2. The normalized spacial score (nSPS) is 12.7. The van der Waals surface area contributed by atoms with Crippen molar-refractivity contribution in [3.8, 4) is 11.1 Å². The first kappa shape index (κ1) is 17.2. The van der Waals surface area contributed by atoms with Crippen LogP contribution in [0.1, 0.15) is 25.0 Å². The first-order valence-electron chi connectivity index (χ1n) is 9.34. The highest BCUT2D eigenvalue weighted by molar-refractivity contribution is 6.93. The smallest absolute Gasteiger partial charge is 0.388 e. The average molecular weight is 361 g/mol. The predicted molar refractivity (Wildman–Crippen MR) is 109 cm³/mol. The third-order valence-corrected chi connectivity index (χ3v) is 8.72. The Morgan fingerprint density at radius 2 is 1.38 bits per heavy atom. The number of rotatable bonds is 6. The van der Waals surface area contributed by atoms with Gasteiger partial charge in [-0.1, -0.05) is 72.8 Å². The van der Waals surface area contributed by atoms with Gasteiger partial charge < -0.3 is 8.85 Å². The van der Waals surface area contributed by atoms with Crippen LogP contribution in [0.3, 0.4) is 0 Å². The largest absolute Gasteiger partial charge is 0.407 e. The molecule has 0 heterocycles. The number of fused-ring (bicyclic) bond motifs is 3. The van der Waals surface area contributed by atoms with Crippen molar-refractivity contribution in [1.82, 2.24) is 0 Å². The van der Waals surface area contributed by atoms with Crippen LogP contribution in [0.5, 0.6) is 0 Å². The molecule has 2 nitrogen and oxygen atoms in total. The summed E-state index contributed by atoms with van der Waals surface area (Å²) in [5.74, 6) is 0. The van der Waals surface area contributed by atoms with Gasteiger partial charge in [-0.15, -0.1) is 0 Å². The van der Waals surface area contributed by atoms with Gasteiger partial charge in [-0.25, -0.2) is 0 Å². The first-order valence-corrected chi connectivity index (χ1v) is 11.2. The second-order valence-electron chi connectivity index (χ2n) is 6.51. The zero-order valence-electron chi connectivity index (χ0n) is 15.4. The third kappa shape index (κ3) is 2.73. The summed E-state index contributed by atoms with van der Waals surface area (Å²) in [6.07, 6.45) is 0.948. The maximum absolute atomic E-state index is 6.48. The van der Waals surface area contributed by atoms with E-state index in [-0.39, 0.29) is 0 Å². The van der Waals surface area contributed by atoms with Crippen LogP contribution in [0.2, 0.25) is 0 Å². The van der Waals surface area contributed by atoms with Crippen molar-refractivity contribution in [2.75, 3.05) is 13.2 Å². The topological polar surface area (TPSA) is 18.5 Å². The molecule has 1 aliphatic rings. The summed E-state index contributed by atoms with van der Waals surface area (Å²) in [6.45, 7) is 5.39. The lowest BCUT2D eigenvalue weighted by molar-refractivity contribution is 0.208. The molecule has 26 heavy (non-hydrogen) atoms. The van der Waals surface area contributed by atoms with Crippen molar-refractivity contribution in [3.63, 3.8) is 0 Å². The van der Waals surface area contributed by atoms with Gasteiger partial charge in [0.25, 0.3) is 0 Å². The molecule has 0 bridgehead atoms. The van der Waals surface area contributed by atoms with Gasteiger partial charge >= 0.3 is 8.56 Å². The molecule has 0 spiro atoms. The second-order valence-corrected chi connectivity index (χ2v) is 9.44. The van der Waals surface area contributed by atoms with Crippen molar-refractivity contribution in [1.29, 1.82) is 0 Å². The van der Waals surface area contributed by atoms with Crippen LogP contribution in [-0.2, 0) is 15.3 Å². The summed E-state index contributed by atoms with van der Waals surface area (Å²) in [5.41, 5.74) is 5.42. The molecule has 3 aromatic carbocycles. The summed E-state index contributed by atoms with van der Waals surface area (Å²) >= 11 is 0. The molecule has 0 amide bonds. The highest BCUT2D eigenvalue weighted by Crippen LogP contribution is 2.36. The van der Waals surface area contributed by atoms with E-state index >= 15 is 0 Å². The van der Waals surface area contributed by atoms with Crippen LogP contribution in [0.4, 0.5) is 0 Å². The molecule has 0 saturated heterocycles. The predicted octanol–water partition coefficient (Wildman–Crippen LogP) is 3.89. The summed E-state index contributed by atoms with van der Waals surface area (Å²) in [4.78, 5) is 0. The van der Waals surface area contributed by atoms with E-state index < -0.39 is 8.56 Å². The van der Waals surface area contributed by atoms with Gasteiger partial charge in [0.1, 0.15) is 0 Å². The fourth-order valence-electron chi connectivity index (χ4n) is 4.05. The minimum atomic E-state index is -2.74. The summed E-state index contributed by atoms with van der Waals surface area (Å²) in [7, 11) is -2.74. The number of hydrogen-bond acceptors (Lipinski definition) is 2. The summed E-state index contributed by atoms with van der Waals surface area (Å²) in [6, 6.07) is 25.8. The van der Waals surface area contributed by atoms with Crippen LogP contribution in [0.25, 0.3) is 11.1 Å². The molecule has 0 fully saturated rings. The Bertz CT molecular complexity index is 899. The average Bonchev–Trinajstić information content (AvgIpc) is 3.07. The molecule has 0 radical (unpaired) electrons. The van der Waals surface area contributed by atoms with Gasteiger partial charge in [0.2, 0.25) is 0 Å². The quantitative estimate of drug-likeness (QED) is 0.486. The van der Waals surface area contributed by atoms with Crippen LogP contribution >= 0.6 is 0 Å². The number of benzene rings is 3. The van der Waals surface area contributed by atoms with Gasteiger partial charge in [-0.05, 0) is 47.7 Å². The molecule has 4 rings (SSSR count). The first-order chi connectivity index (χ1) is 12.8. The van der Waals surface area contributed by atoms with E-state index in [0.29, 0.717) is 13.2 Å². The van der Waals surface area contributed by atoms with E-state index in [2.05, 4.69) is 80.6 Å². The molecule has 3 heteroatoms. The Kier molecular flexibility index (Phi) is 4.77. The van der Waals surface area contributed by atoms with Crippen molar-refractivity contribution in [3.05, 3.63) is 83.9 Å². The highest BCUT2D eigenvalue weighted by atomic mass is 28.4. The molecule has 3 aromatic rings. The van der Waals surface area contributed by atoms with Crippen molar-refractivity contribution in [2.45, 2.75) is 20.3 Å². The molecule has 132 valence electrons. The molecule has 0 aliphatic heterocycles. The molecule has 0 aromatic heterocycles. The fourth-order valence-corrected chi connectivity index (χ4v) is 7.47. The number of hydrogen-bond donors (Lipinski definition) is 0. The molecular weight excluding hydrogens is 336 g/mol. The van der Waals surface area contributed by atoms with Crippen molar-refractivity contribution >= 4 is 18.9 Å². The van der Waals surface area contributed by atoms with Crippen LogP contribution < -0.4 is 10.4 Å². The van der Waals surface area contributed by atoms with E-state index in [9.17, 15) is 0 Å². The fraction of sp³-hybridized carbons (Fsp3) is 0.217. The Morgan fingerprint density at radius 1 is 0.731 bits per heavy atom. The lowest BCUT2D eigenvalue weighted by Crippen LogP contribution is -2.64. The van der Waals surface area contributed by atoms with Gasteiger partial charge in [0, 0.05) is 18.4 Å². The van der Waals surface area contributed by atoms with Crippen LogP contribution in [-0.4, -0.2) is 21.8 Å².